The van der Waals surface area contributed by atoms with Crippen molar-refractivity contribution in [2.45, 2.75) is 67.0 Å². The smallest absolute Gasteiger partial charge is 0.249 e. The molecule has 1 atom stereocenters. The molecular formula is C17H27N5O2. The Labute approximate surface area is 142 Å². The maximum atomic E-state index is 12.6. The minimum atomic E-state index is -0.292. The zero-order valence-electron chi connectivity index (χ0n) is 15.5. The SMILES string of the molecule is Cc1noc(C(NC(=O)Cc2c(C)nn(C(C)C)c2C)C(C)C)n1. The summed E-state index contributed by atoms with van der Waals surface area (Å²) in [5.74, 6) is 1.09. The Bertz CT molecular complexity index is 715. The van der Waals surface area contributed by atoms with Crippen molar-refractivity contribution in [2.75, 3.05) is 0 Å². The molecule has 7 nitrogen and oxygen atoms in total. The van der Waals surface area contributed by atoms with Crippen LogP contribution in [0.15, 0.2) is 4.52 Å². The van der Waals surface area contributed by atoms with E-state index in [-0.39, 0.29) is 23.9 Å². The van der Waals surface area contributed by atoms with Gasteiger partial charge in [-0.1, -0.05) is 19.0 Å². The quantitative estimate of drug-likeness (QED) is 0.878. The summed E-state index contributed by atoms with van der Waals surface area (Å²) in [6.45, 7) is 13.9. The predicted octanol–water partition coefficient (Wildman–Crippen LogP) is 2.83. The Balaban J connectivity index is 2.15. The number of amides is 1. The van der Waals surface area contributed by atoms with Gasteiger partial charge in [0.25, 0.3) is 0 Å². The maximum Gasteiger partial charge on any atom is 0.249 e. The van der Waals surface area contributed by atoms with Crippen LogP contribution in [0.2, 0.25) is 0 Å². The lowest BCUT2D eigenvalue weighted by molar-refractivity contribution is -0.121. The molecule has 1 amide bonds. The van der Waals surface area contributed by atoms with Gasteiger partial charge in [-0.15, -0.1) is 0 Å². The topological polar surface area (TPSA) is 85.8 Å². The standard InChI is InChI=1S/C17H27N5O2/c1-9(2)16(17-18-13(7)21-24-17)19-15(23)8-14-11(5)20-22(10(3)4)12(14)6/h9-10,16H,8H2,1-7H3,(H,19,23). The van der Waals surface area contributed by atoms with Crippen LogP contribution in [0.25, 0.3) is 0 Å². The van der Waals surface area contributed by atoms with Gasteiger partial charge in [0, 0.05) is 17.3 Å². The zero-order chi connectivity index (χ0) is 18.0. The molecule has 7 heteroatoms. The van der Waals surface area contributed by atoms with Crippen molar-refractivity contribution in [3.05, 3.63) is 28.7 Å². The fourth-order valence-corrected chi connectivity index (χ4v) is 2.79. The van der Waals surface area contributed by atoms with Crippen LogP contribution in [0.1, 0.15) is 68.4 Å². The lowest BCUT2D eigenvalue weighted by Gasteiger charge is -2.18. The molecule has 0 radical (unpaired) electrons. The van der Waals surface area contributed by atoms with Crippen molar-refractivity contribution in [3.8, 4) is 0 Å². The van der Waals surface area contributed by atoms with Gasteiger partial charge in [-0.25, -0.2) is 0 Å². The molecule has 0 aliphatic rings. The second-order valence-electron chi connectivity index (χ2n) is 6.83. The van der Waals surface area contributed by atoms with E-state index < -0.39 is 0 Å². The Morgan fingerprint density at radius 3 is 2.33 bits per heavy atom. The molecule has 2 heterocycles. The van der Waals surface area contributed by atoms with Crippen molar-refractivity contribution in [3.63, 3.8) is 0 Å². The summed E-state index contributed by atoms with van der Waals surface area (Å²) in [4.78, 5) is 16.8. The van der Waals surface area contributed by atoms with Gasteiger partial charge < -0.3 is 9.84 Å². The fourth-order valence-electron chi connectivity index (χ4n) is 2.79. The van der Waals surface area contributed by atoms with Gasteiger partial charge in [0.05, 0.1) is 12.1 Å². The van der Waals surface area contributed by atoms with Crippen LogP contribution < -0.4 is 5.32 Å². The Morgan fingerprint density at radius 1 is 1.21 bits per heavy atom. The molecule has 0 saturated heterocycles. The molecule has 2 aromatic heterocycles. The molecule has 0 aromatic carbocycles. The summed E-state index contributed by atoms with van der Waals surface area (Å²) < 4.78 is 7.19. The lowest BCUT2D eigenvalue weighted by atomic mass is 10.0. The van der Waals surface area contributed by atoms with E-state index in [2.05, 4.69) is 34.4 Å². The normalized spacial score (nSPS) is 12.9. The first-order valence-corrected chi connectivity index (χ1v) is 8.34. The third-order valence-electron chi connectivity index (χ3n) is 4.09. The Morgan fingerprint density at radius 2 is 1.88 bits per heavy atom. The highest BCUT2D eigenvalue weighted by atomic mass is 16.5. The molecule has 0 aliphatic carbocycles. The van der Waals surface area contributed by atoms with Gasteiger partial charge in [-0.05, 0) is 40.5 Å². The second-order valence-corrected chi connectivity index (χ2v) is 6.83. The first kappa shape index (κ1) is 18.2. The number of carbonyl (C=O) groups is 1. The summed E-state index contributed by atoms with van der Waals surface area (Å²) in [5.41, 5.74) is 2.91. The largest absolute Gasteiger partial charge is 0.344 e. The van der Waals surface area contributed by atoms with Crippen LogP contribution in [0.5, 0.6) is 0 Å². The summed E-state index contributed by atoms with van der Waals surface area (Å²) >= 11 is 0. The number of aryl methyl sites for hydroxylation is 2. The van der Waals surface area contributed by atoms with Crippen LogP contribution >= 0.6 is 0 Å². The molecule has 0 spiro atoms. The van der Waals surface area contributed by atoms with Gasteiger partial charge in [0.15, 0.2) is 5.82 Å². The van der Waals surface area contributed by atoms with E-state index in [9.17, 15) is 4.79 Å². The number of rotatable bonds is 6. The van der Waals surface area contributed by atoms with E-state index >= 15 is 0 Å². The van der Waals surface area contributed by atoms with Crippen LogP contribution in [0, 0.1) is 26.7 Å². The minimum Gasteiger partial charge on any atom is -0.344 e. The average Bonchev–Trinajstić information content (AvgIpc) is 3.03. The van der Waals surface area contributed by atoms with Crippen molar-refractivity contribution < 1.29 is 9.32 Å². The van der Waals surface area contributed by atoms with E-state index in [0.29, 0.717) is 18.1 Å². The van der Waals surface area contributed by atoms with Gasteiger partial charge in [0.2, 0.25) is 11.8 Å². The van der Waals surface area contributed by atoms with E-state index in [1.54, 1.807) is 6.92 Å². The molecule has 2 aromatic rings. The predicted molar refractivity (Wildman–Crippen MR) is 90.5 cm³/mol. The highest BCUT2D eigenvalue weighted by Crippen LogP contribution is 2.21. The zero-order valence-corrected chi connectivity index (χ0v) is 15.5. The van der Waals surface area contributed by atoms with Crippen LogP contribution in [0.3, 0.4) is 0 Å². The van der Waals surface area contributed by atoms with Gasteiger partial charge >= 0.3 is 0 Å². The van der Waals surface area contributed by atoms with Crippen LogP contribution in [0.4, 0.5) is 0 Å². The van der Waals surface area contributed by atoms with Crippen LogP contribution in [-0.4, -0.2) is 25.8 Å². The van der Waals surface area contributed by atoms with Crippen molar-refractivity contribution in [1.29, 1.82) is 0 Å². The van der Waals surface area contributed by atoms with Crippen LogP contribution in [-0.2, 0) is 11.2 Å². The van der Waals surface area contributed by atoms with Gasteiger partial charge in [0.1, 0.15) is 6.04 Å². The number of hydrogen-bond acceptors (Lipinski definition) is 5. The molecule has 1 unspecified atom stereocenters. The number of nitrogens with one attached hydrogen (secondary N) is 1. The summed E-state index contributed by atoms with van der Waals surface area (Å²) in [6, 6.07) is -0.0234. The average molecular weight is 333 g/mol. The first-order chi connectivity index (χ1) is 11.2. The third kappa shape index (κ3) is 3.83. The number of aromatic nitrogens is 4. The fraction of sp³-hybridized carbons (Fsp3) is 0.647. The molecule has 24 heavy (non-hydrogen) atoms. The molecule has 0 saturated carbocycles. The van der Waals surface area contributed by atoms with Crippen molar-refractivity contribution in [1.82, 2.24) is 25.2 Å². The van der Waals surface area contributed by atoms with Crippen molar-refractivity contribution in [2.24, 2.45) is 5.92 Å². The van der Waals surface area contributed by atoms with E-state index in [1.165, 1.54) is 0 Å². The molecule has 2 rings (SSSR count). The number of nitrogens with zero attached hydrogens (tertiary/aromatic N) is 4. The van der Waals surface area contributed by atoms with Gasteiger partial charge in [-0.2, -0.15) is 10.1 Å². The van der Waals surface area contributed by atoms with Crippen molar-refractivity contribution >= 4 is 5.91 Å². The maximum absolute atomic E-state index is 12.6. The molecule has 0 fully saturated rings. The van der Waals surface area contributed by atoms with E-state index in [4.69, 9.17) is 4.52 Å². The Kier molecular flexibility index (Phi) is 5.41. The lowest BCUT2D eigenvalue weighted by Crippen LogP contribution is -2.33. The molecular weight excluding hydrogens is 306 g/mol. The highest BCUT2D eigenvalue weighted by molar-refractivity contribution is 5.79. The first-order valence-electron chi connectivity index (χ1n) is 8.34. The third-order valence-corrected chi connectivity index (χ3v) is 4.09. The monoisotopic (exact) mass is 333 g/mol. The minimum absolute atomic E-state index is 0.0703. The Hall–Kier alpha value is -2.18. The van der Waals surface area contributed by atoms with Gasteiger partial charge in [-0.3, -0.25) is 9.48 Å². The molecule has 0 bridgehead atoms. The summed E-state index contributed by atoms with van der Waals surface area (Å²) in [5, 5.41) is 11.4. The summed E-state index contributed by atoms with van der Waals surface area (Å²) in [6.07, 6.45) is 0.292. The molecule has 0 aliphatic heterocycles. The highest BCUT2D eigenvalue weighted by Gasteiger charge is 2.25. The molecule has 132 valence electrons. The van der Waals surface area contributed by atoms with E-state index in [0.717, 1.165) is 17.0 Å². The molecule has 1 N–H and O–H groups in total. The summed E-state index contributed by atoms with van der Waals surface area (Å²) in [7, 11) is 0. The van der Waals surface area contributed by atoms with E-state index in [1.807, 2.05) is 32.4 Å². The number of hydrogen-bond donors (Lipinski definition) is 1. The number of carbonyl (C=O) groups excluding carboxylic acids is 1. The second kappa shape index (κ2) is 7.15.